The number of likely N-dealkylation sites (tertiary alicyclic amines) is 1. The quantitative estimate of drug-likeness (QED) is 0.626. The van der Waals surface area contributed by atoms with Crippen LogP contribution in [0.4, 0.5) is 0 Å². The van der Waals surface area contributed by atoms with Crippen molar-refractivity contribution in [2.75, 3.05) is 33.4 Å². The lowest BCUT2D eigenvalue weighted by molar-refractivity contribution is -0.170. The molecule has 0 aromatic carbocycles. The molecule has 1 amide bonds. The van der Waals surface area contributed by atoms with Gasteiger partial charge in [-0.1, -0.05) is 0 Å². The summed E-state index contributed by atoms with van der Waals surface area (Å²) in [6.07, 6.45) is 1.07. The van der Waals surface area contributed by atoms with E-state index in [1.807, 2.05) is 0 Å². The van der Waals surface area contributed by atoms with E-state index in [4.69, 9.17) is 10.5 Å². The molecule has 0 spiro atoms. The Kier molecular flexibility index (Phi) is 2.04. The van der Waals surface area contributed by atoms with Gasteiger partial charge < -0.3 is 15.4 Å². The van der Waals surface area contributed by atoms with Gasteiger partial charge in [-0.3, -0.25) is 4.79 Å². The highest BCUT2D eigenvalue weighted by atomic mass is 16.5. The van der Waals surface area contributed by atoms with Gasteiger partial charge in [0.05, 0.1) is 18.6 Å². The summed E-state index contributed by atoms with van der Waals surface area (Å²) < 4.78 is 5.13. The molecule has 1 unspecified atom stereocenters. The van der Waals surface area contributed by atoms with Crippen LogP contribution in [0.25, 0.3) is 0 Å². The molecule has 0 saturated carbocycles. The van der Waals surface area contributed by atoms with Crippen LogP contribution in [0.1, 0.15) is 6.42 Å². The first kappa shape index (κ1) is 8.97. The second-order valence-corrected chi connectivity index (χ2v) is 4.26. The number of nitrogens with zero attached hydrogens (tertiary/aromatic N) is 1. The monoisotopic (exact) mass is 184 g/mol. The van der Waals surface area contributed by atoms with Crippen LogP contribution in [0.15, 0.2) is 0 Å². The normalized spacial score (nSPS) is 32.8. The number of carbonyl (C=O) groups is 1. The van der Waals surface area contributed by atoms with Gasteiger partial charge >= 0.3 is 0 Å². The summed E-state index contributed by atoms with van der Waals surface area (Å²) in [5.74, 6) is 0.225. The van der Waals surface area contributed by atoms with E-state index in [1.165, 1.54) is 0 Å². The Bertz CT molecular complexity index is 226. The van der Waals surface area contributed by atoms with E-state index in [1.54, 1.807) is 0 Å². The molecule has 2 aliphatic heterocycles. The number of hydrogen-bond donors (Lipinski definition) is 1. The summed E-state index contributed by atoms with van der Waals surface area (Å²) in [5.41, 5.74) is 5.08. The zero-order valence-electron chi connectivity index (χ0n) is 7.95. The molecule has 0 aromatic rings. The molecule has 0 aromatic heterocycles. The van der Waals surface area contributed by atoms with Crippen LogP contribution in [0.2, 0.25) is 0 Å². The average molecular weight is 184 g/mol. The SMILES string of the molecule is CN1CCC(C2(C(N)=O)COC2)C1. The maximum absolute atomic E-state index is 11.3. The van der Waals surface area contributed by atoms with Crippen LogP contribution >= 0.6 is 0 Å². The molecule has 2 fully saturated rings. The number of nitrogens with two attached hydrogens (primary N) is 1. The standard InChI is InChI=1S/C9H16N2O2/c1-11-3-2-7(4-11)9(8(10)12)5-13-6-9/h7H,2-6H2,1H3,(H2,10,12). The minimum absolute atomic E-state index is 0.181. The fourth-order valence-corrected chi connectivity index (χ4v) is 2.29. The lowest BCUT2D eigenvalue weighted by Crippen LogP contribution is -2.57. The van der Waals surface area contributed by atoms with Gasteiger partial charge in [0, 0.05) is 6.54 Å². The van der Waals surface area contributed by atoms with Gasteiger partial charge in [0.25, 0.3) is 0 Å². The highest BCUT2D eigenvalue weighted by molar-refractivity contribution is 5.82. The van der Waals surface area contributed by atoms with Gasteiger partial charge in [-0.2, -0.15) is 0 Å². The van der Waals surface area contributed by atoms with E-state index in [0.717, 1.165) is 19.5 Å². The Labute approximate surface area is 78.0 Å². The molecule has 2 saturated heterocycles. The predicted octanol–water partition coefficient (Wildman–Crippen LogP) is -0.560. The van der Waals surface area contributed by atoms with Gasteiger partial charge in [0.15, 0.2) is 0 Å². The van der Waals surface area contributed by atoms with Crippen LogP contribution < -0.4 is 5.73 Å². The van der Waals surface area contributed by atoms with Crippen molar-refractivity contribution in [3.8, 4) is 0 Å². The molecule has 74 valence electrons. The maximum Gasteiger partial charge on any atom is 0.228 e. The van der Waals surface area contributed by atoms with E-state index in [2.05, 4.69) is 11.9 Å². The van der Waals surface area contributed by atoms with E-state index in [0.29, 0.717) is 19.1 Å². The van der Waals surface area contributed by atoms with Gasteiger partial charge in [0.2, 0.25) is 5.91 Å². The topological polar surface area (TPSA) is 55.6 Å². The first-order chi connectivity index (χ1) is 6.15. The third-order valence-electron chi connectivity index (χ3n) is 3.38. The molecule has 2 rings (SSSR count). The smallest absolute Gasteiger partial charge is 0.228 e. The fraction of sp³-hybridized carbons (Fsp3) is 0.889. The summed E-state index contributed by atoms with van der Waals surface area (Å²) in [7, 11) is 2.08. The van der Waals surface area contributed by atoms with Crippen molar-refractivity contribution >= 4 is 5.91 Å². The number of primary amides is 1. The molecular formula is C9H16N2O2. The second-order valence-electron chi connectivity index (χ2n) is 4.26. The fourth-order valence-electron chi connectivity index (χ4n) is 2.29. The Hall–Kier alpha value is -0.610. The third kappa shape index (κ3) is 1.25. The van der Waals surface area contributed by atoms with Crippen molar-refractivity contribution < 1.29 is 9.53 Å². The molecule has 4 heteroatoms. The lowest BCUT2D eigenvalue weighted by Gasteiger charge is -2.43. The van der Waals surface area contributed by atoms with E-state index in [-0.39, 0.29) is 11.3 Å². The van der Waals surface area contributed by atoms with Crippen molar-refractivity contribution in [3.05, 3.63) is 0 Å². The van der Waals surface area contributed by atoms with E-state index in [9.17, 15) is 4.79 Å². The molecule has 2 heterocycles. The van der Waals surface area contributed by atoms with Crippen molar-refractivity contribution in [2.24, 2.45) is 17.1 Å². The van der Waals surface area contributed by atoms with Crippen molar-refractivity contribution in [1.29, 1.82) is 0 Å². The Morgan fingerprint density at radius 1 is 1.62 bits per heavy atom. The first-order valence-corrected chi connectivity index (χ1v) is 4.71. The largest absolute Gasteiger partial charge is 0.379 e. The second kappa shape index (κ2) is 2.96. The van der Waals surface area contributed by atoms with Gasteiger partial charge in [0.1, 0.15) is 0 Å². The zero-order chi connectivity index (χ0) is 9.47. The molecule has 1 atom stereocenters. The van der Waals surface area contributed by atoms with Gasteiger partial charge in [-0.25, -0.2) is 0 Å². The predicted molar refractivity (Wildman–Crippen MR) is 48.1 cm³/mol. The first-order valence-electron chi connectivity index (χ1n) is 4.71. The minimum atomic E-state index is -0.342. The third-order valence-corrected chi connectivity index (χ3v) is 3.38. The van der Waals surface area contributed by atoms with Crippen molar-refractivity contribution in [2.45, 2.75) is 6.42 Å². The molecule has 4 nitrogen and oxygen atoms in total. The summed E-state index contributed by atoms with van der Waals surface area (Å²) in [5, 5.41) is 0. The highest BCUT2D eigenvalue weighted by Crippen LogP contribution is 2.40. The lowest BCUT2D eigenvalue weighted by atomic mass is 9.72. The van der Waals surface area contributed by atoms with Gasteiger partial charge in [-0.05, 0) is 25.9 Å². The number of amides is 1. The Morgan fingerprint density at radius 2 is 2.31 bits per heavy atom. The Balaban J connectivity index is 2.09. The number of hydrogen-bond acceptors (Lipinski definition) is 3. The van der Waals surface area contributed by atoms with Crippen molar-refractivity contribution in [3.63, 3.8) is 0 Å². The zero-order valence-corrected chi connectivity index (χ0v) is 7.95. The maximum atomic E-state index is 11.3. The summed E-state index contributed by atoms with van der Waals surface area (Å²) in [6, 6.07) is 0. The summed E-state index contributed by atoms with van der Waals surface area (Å²) >= 11 is 0. The molecule has 2 aliphatic rings. The van der Waals surface area contributed by atoms with Crippen LogP contribution in [0, 0.1) is 11.3 Å². The molecule has 0 bridgehead atoms. The number of rotatable bonds is 2. The summed E-state index contributed by atoms with van der Waals surface area (Å²) in [6.45, 7) is 3.10. The number of ether oxygens (including phenoxy) is 1. The molecule has 13 heavy (non-hydrogen) atoms. The van der Waals surface area contributed by atoms with Crippen LogP contribution in [0.5, 0.6) is 0 Å². The molecule has 0 aliphatic carbocycles. The number of carbonyl (C=O) groups excluding carboxylic acids is 1. The van der Waals surface area contributed by atoms with Gasteiger partial charge in [-0.15, -0.1) is 0 Å². The highest BCUT2D eigenvalue weighted by Gasteiger charge is 2.52. The summed E-state index contributed by atoms with van der Waals surface area (Å²) in [4.78, 5) is 13.6. The minimum Gasteiger partial charge on any atom is -0.379 e. The van der Waals surface area contributed by atoms with Crippen LogP contribution in [-0.4, -0.2) is 44.2 Å². The van der Waals surface area contributed by atoms with Crippen molar-refractivity contribution in [1.82, 2.24) is 4.90 Å². The average Bonchev–Trinajstić information content (AvgIpc) is 2.32. The van der Waals surface area contributed by atoms with E-state index < -0.39 is 0 Å². The molecule has 0 radical (unpaired) electrons. The molecular weight excluding hydrogens is 168 g/mol. The van der Waals surface area contributed by atoms with Crippen LogP contribution in [-0.2, 0) is 9.53 Å². The van der Waals surface area contributed by atoms with Crippen LogP contribution in [0.3, 0.4) is 0 Å². The Morgan fingerprint density at radius 3 is 2.62 bits per heavy atom. The molecule has 2 N–H and O–H groups in total. The van der Waals surface area contributed by atoms with E-state index >= 15 is 0 Å².